The number of aliphatic hydroxyl groups is 2. The summed E-state index contributed by atoms with van der Waals surface area (Å²) in [7, 11) is -4.77. The first-order valence-electron chi connectivity index (χ1n) is 8.25. The Bertz CT molecular complexity index is 589. The second-order valence-corrected chi connectivity index (χ2v) is 7.44. The van der Waals surface area contributed by atoms with E-state index in [1.165, 1.54) is 0 Å². The summed E-state index contributed by atoms with van der Waals surface area (Å²) < 4.78 is 21.3. The SMILES string of the molecule is O=P(O)(O)O[C@@H]1[C@H](O)C[C@@H](O)C[C@H]1OCCCCc1ccccc1O. The van der Waals surface area contributed by atoms with E-state index in [1.807, 2.05) is 12.1 Å². The summed E-state index contributed by atoms with van der Waals surface area (Å²) in [6.45, 7) is 0.290. The van der Waals surface area contributed by atoms with Crippen molar-refractivity contribution in [3.8, 4) is 5.75 Å². The molecular formula is C16H25O8P. The Morgan fingerprint density at radius 2 is 1.84 bits per heavy atom. The van der Waals surface area contributed by atoms with Crippen molar-refractivity contribution in [2.45, 2.75) is 56.5 Å². The number of para-hydroxylation sites is 1. The van der Waals surface area contributed by atoms with Crippen LogP contribution in [0.3, 0.4) is 0 Å². The molecule has 9 heteroatoms. The quantitative estimate of drug-likeness (QED) is 0.336. The van der Waals surface area contributed by atoms with Crippen LogP contribution in [-0.2, 0) is 20.2 Å². The molecule has 1 saturated carbocycles. The number of phenolic OH excluding ortho intramolecular Hbond substituents is 1. The minimum absolute atomic E-state index is 0.0161. The van der Waals surface area contributed by atoms with E-state index in [1.54, 1.807) is 12.1 Å². The smallest absolute Gasteiger partial charge is 0.470 e. The summed E-state index contributed by atoms with van der Waals surface area (Å²) in [5, 5.41) is 29.3. The van der Waals surface area contributed by atoms with Gasteiger partial charge in [0.05, 0.1) is 18.3 Å². The molecular weight excluding hydrogens is 351 g/mol. The number of aryl methyl sites for hydroxylation is 1. The summed E-state index contributed by atoms with van der Waals surface area (Å²) in [6, 6.07) is 7.07. The Hall–Kier alpha value is -0.990. The molecule has 142 valence electrons. The van der Waals surface area contributed by atoms with Gasteiger partial charge < -0.3 is 29.8 Å². The molecule has 1 aromatic rings. The van der Waals surface area contributed by atoms with E-state index >= 15 is 0 Å². The lowest BCUT2D eigenvalue weighted by molar-refractivity contribution is -0.135. The molecule has 0 radical (unpaired) electrons. The molecule has 25 heavy (non-hydrogen) atoms. The molecule has 0 amide bonds. The maximum Gasteiger partial charge on any atom is 0.470 e. The van der Waals surface area contributed by atoms with Crippen molar-refractivity contribution in [1.29, 1.82) is 0 Å². The van der Waals surface area contributed by atoms with Gasteiger partial charge in [-0.2, -0.15) is 0 Å². The van der Waals surface area contributed by atoms with Crippen LogP contribution >= 0.6 is 7.82 Å². The van der Waals surface area contributed by atoms with Gasteiger partial charge in [-0.3, -0.25) is 4.52 Å². The molecule has 0 aliphatic heterocycles. The number of aliphatic hydroxyl groups excluding tert-OH is 2. The van der Waals surface area contributed by atoms with Crippen molar-refractivity contribution in [2.24, 2.45) is 0 Å². The number of ether oxygens (including phenoxy) is 1. The first-order chi connectivity index (χ1) is 11.8. The fraction of sp³-hybridized carbons (Fsp3) is 0.625. The monoisotopic (exact) mass is 376 g/mol. The van der Waals surface area contributed by atoms with Crippen molar-refractivity contribution in [1.82, 2.24) is 0 Å². The number of phosphoric ester groups is 1. The lowest BCUT2D eigenvalue weighted by Crippen LogP contribution is -2.48. The average Bonchev–Trinajstić information content (AvgIpc) is 2.51. The number of hydrogen-bond acceptors (Lipinski definition) is 6. The van der Waals surface area contributed by atoms with Crippen LogP contribution in [0.2, 0.25) is 0 Å². The molecule has 0 spiro atoms. The lowest BCUT2D eigenvalue weighted by atomic mass is 9.90. The molecule has 0 saturated heterocycles. The zero-order valence-electron chi connectivity index (χ0n) is 13.8. The molecule has 0 aromatic heterocycles. The zero-order chi connectivity index (χ0) is 18.4. The number of aromatic hydroxyl groups is 1. The van der Waals surface area contributed by atoms with Crippen LogP contribution in [0.1, 0.15) is 31.2 Å². The van der Waals surface area contributed by atoms with Gasteiger partial charge >= 0.3 is 7.82 Å². The van der Waals surface area contributed by atoms with Gasteiger partial charge in [0.15, 0.2) is 0 Å². The van der Waals surface area contributed by atoms with E-state index in [0.717, 1.165) is 12.0 Å². The first-order valence-corrected chi connectivity index (χ1v) is 9.78. The second-order valence-electron chi connectivity index (χ2n) is 6.25. The van der Waals surface area contributed by atoms with Crippen molar-refractivity contribution in [2.75, 3.05) is 6.61 Å². The standard InChI is InChI=1S/C16H25O8P/c17-12-9-14(19)16(24-25(20,21)22)15(10-12)23-8-4-3-6-11-5-1-2-7-13(11)18/h1-2,5,7,12,14-19H,3-4,6,8-10H2,(H2,20,21,22)/t12-,14-,15-,16-/m1/s1. The van der Waals surface area contributed by atoms with Gasteiger partial charge in [0, 0.05) is 19.4 Å². The van der Waals surface area contributed by atoms with Gasteiger partial charge in [-0.1, -0.05) is 18.2 Å². The molecule has 0 bridgehead atoms. The number of benzene rings is 1. The van der Waals surface area contributed by atoms with E-state index in [0.29, 0.717) is 19.4 Å². The third kappa shape index (κ3) is 6.67. The van der Waals surface area contributed by atoms with Crippen LogP contribution in [0.15, 0.2) is 24.3 Å². The molecule has 5 N–H and O–H groups in total. The van der Waals surface area contributed by atoms with Crippen LogP contribution in [0.4, 0.5) is 0 Å². The van der Waals surface area contributed by atoms with Gasteiger partial charge in [0.25, 0.3) is 0 Å². The van der Waals surface area contributed by atoms with Crippen molar-refractivity contribution >= 4 is 7.82 Å². The van der Waals surface area contributed by atoms with E-state index in [9.17, 15) is 19.9 Å². The van der Waals surface area contributed by atoms with E-state index in [2.05, 4.69) is 4.52 Å². The van der Waals surface area contributed by atoms with Crippen LogP contribution < -0.4 is 0 Å². The largest absolute Gasteiger partial charge is 0.508 e. The predicted octanol–water partition coefficient (Wildman–Crippen LogP) is 1.09. The van der Waals surface area contributed by atoms with Gasteiger partial charge in [-0.05, 0) is 30.9 Å². The molecule has 2 rings (SSSR count). The Morgan fingerprint density at radius 3 is 2.52 bits per heavy atom. The first kappa shape index (κ1) is 20.3. The second kappa shape index (κ2) is 9.09. The van der Waals surface area contributed by atoms with Crippen molar-refractivity contribution < 1.29 is 38.9 Å². The number of phenols is 1. The highest BCUT2D eigenvalue weighted by Crippen LogP contribution is 2.41. The molecule has 1 aliphatic carbocycles. The number of unbranched alkanes of at least 4 members (excludes halogenated alkanes) is 1. The number of rotatable bonds is 8. The molecule has 1 aromatic carbocycles. The third-order valence-electron chi connectivity index (χ3n) is 4.19. The highest BCUT2D eigenvalue weighted by atomic mass is 31.2. The molecule has 0 unspecified atom stereocenters. The predicted molar refractivity (Wildman–Crippen MR) is 88.9 cm³/mol. The maximum absolute atomic E-state index is 11.1. The molecule has 0 heterocycles. The third-order valence-corrected chi connectivity index (χ3v) is 4.70. The van der Waals surface area contributed by atoms with E-state index in [4.69, 9.17) is 14.5 Å². The van der Waals surface area contributed by atoms with E-state index < -0.39 is 32.2 Å². The summed E-state index contributed by atoms with van der Waals surface area (Å²) in [6.07, 6.45) is -1.79. The number of hydrogen-bond donors (Lipinski definition) is 5. The topological polar surface area (TPSA) is 137 Å². The number of phosphoric acid groups is 1. The molecule has 8 nitrogen and oxygen atoms in total. The van der Waals surface area contributed by atoms with Gasteiger partial charge in [-0.25, -0.2) is 4.57 Å². The fourth-order valence-corrected chi connectivity index (χ4v) is 3.59. The van der Waals surface area contributed by atoms with Crippen molar-refractivity contribution in [3.05, 3.63) is 29.8 Å². The summed E-state index contributed by atoms with van der Waals surface area (Å²) in [5.74, 6) is 0.247. The van der Waals surface area contributed by atoms with Crippen LogP contribution in [0.5, 0.6) is 5.75 Å². The Morgan fingerprint density at radius 1 is 1.12 bits per heavy atom. The summed E-state index contributed by atoms with van der Waals surface area (Å²) in [5.41, 5.74) is 0.841. The lowest BCUT2D eigenvalue weighted by Gasteiger charge is -2.37. The Kier molecular flexibility index (Phi) is 7.39. The van der Waals surface area contributed by atoms with Gasteiger partial charge in [0.1, 0.15) is 11.9 Å². The summed E-state index contributed by atoms with van der Waals surface area (Å²) in [4.78, 5) is 17.9. The van der Waals surface area contributed by atoms with Crippen LogP contribution in [0.25, 0.3) is 0 Å². The zero-order valence-corrected chi connectivity index (χ0v) is 14.7. The van der Waals surface area contributed by atoms with Crippen molar-refractivity contribution in [3.63, 3.8) is 0 Å². The average molecular weight is 376 g/mol. The Labute approximate surface area is 146 Å². The minimum atomic E-state index is -4.77. The normalized spacial score (nSPS) is 27.4. The fourth-order valence-electron chi connectivity index (χ4n) is 2.99. The minimum Gasteiger partial charge on any atom is -0.508 e. The highest BCUT2D eigenvalue weighted by Gasteiger charge is 2.41. The van der Waals surface area contributed by atoms with E-state index in [-0.39, 0.29) is 18.6 Å². The molecule has 1 fully saturated rings. The van der Waals surface area contributed by atoms with Gasteiger partial charge in [-0.15, -0.1) is 0 Å². The van der Waals surface area contributed by atoms with Gasteiger partial charge in [0.2, 0.25) is 0 Å². The molecule has 1 aliphatic rings. The molecule has 4 atom stereocenters. The maximum atomic E-state index is 11.1. The summed E-state index contributed by atoms with van der Waals surface area (Å²) >= 11 is 0. The Balaban J connectivity index is 1.80. The van der Waals surface area contributed by atoms with Crippen LogP contribution in [-0.4, -0.2) is 56.1 Å². The highest BCUT2D eigenvalue weighted by molar-refractivity contribution is 7.46. The van der Waals surface area contributed by atoms with Crippen LogP contribution in [0, 0.1) is 0 Å².